The van der Waals surface area contributed by atoms with Gasteiger partial charge in [0.2, 0.25) is 15.9 Å². The standard InChI is InChI=1S/C16H25ClN2O3S/c1-5-13(6-2)16(20)18-9-10-19(23(4,21)22)14-8-7-12(3)15(17)11-14/h7-8,11,13H,5-6,9-10H2,1-4H3,(H,18,20). The number of carbonyl (C=O) groups excluding carboxylic acids is 1. The van der Waals surface area contributed by atoms with Crippen LogP contribution in [0.25, 0.3) is 0 Å². The Kier molecular flexibility index (Phi) is 7.35. The number of sulfonamides is 1. The zero-order chi connectivity index (χ0) is 17.6. The summed E-state index contributed by atoms with van der Waals surface area (Å²) in [7, 11) is -3.45. The highest BCUT2D eigenvalue weighted by atomic mass is 35.5. The van der Waals surface area contributed by atoms with Crippen molar-refractivity contribution < 1.29 is 13.2 Å². The Bertz CT molecular complexity index is 643. The molecule has 23 heavy (non-hydrogen) atoms. The van der Waals surface area contributed by atoms with Crippen molar-refractivity contribution in [3.8, 4) is 0 Å². The summed E-state index contributed by atoms with van der Waals surface area (Å²) in [5, 5.41) is 3.32. The SMILES string of the molecule is CCC(CC)C(=O)NCCN(c1ccc(C)c(Cl)c1)S(C)(=O)=O. The molecule has 0 atom stereocenters. The van der Waals surface area contributed by atoms with E-state index in [1.807, 2.05) is 20.8 Å². The Morgan fingerprint density at radius 2 is 1.91 bits per heavy atom. The molecule has 0 radical (unpaired) electrons. The van der Waals surface area contributed by atoms with E-state index in [2.05, 4.69) is 5.32 Å². The second kappa shape index (κ2) is 8.55. The van der Waals surface area contributed by atoms with E-state index in [4.69, 9.17) is 11.6 Å². The van der Waals surface area contributed by atoms with Crippen LogP contribution in [0.2, 0.25) is 5.02 Å². The van der Waals surface area contributed by atoms with Gasteiger partial charge < -0.3 is 5.32 Å². The lowest BCUT2D eigenvalue weighted by molar-refractivity contribution is -0.125. The summed E-state index contributed by atoms with van der Waals surface area (Å²) in [6.45, 7) is 6.21. The van der Waals surface area contributed by atoms with E-state index in [1.54, 1.807) is 18.2 Å². The average molecular weight is 361 g/mol. The monoisotopic (exact) mass is 360 g/mol. The van der Waals surface area contributed by atoms with Crippen molar-refractivity contribution in [3.05, 3.63) is 28.8 Å². The molecule has 0 heterocycles. The summed E-state index contributed by atoms with van der Waals surface area (Å²) >= 11 is 6.08. The predicted molar refractivity (Wildman–Crippen MR) is 95.5 cm³/mol. The van der Waals surface area contributed by atoms with E-state index in [0.29, 0.717) is 10.7 Å². The molecule has 1 aromatic rings. The van der Waals surface area contributed by atoms with E-state index >= 15 is 0 Å². The van der Waals surface area contributed by atoms with Crippen molar-refractivity contribution >= 4 is 33.2 Å². The highest BCUT2D eigenvalue weighted by Crippen LogP contribution is 2.24. The largest absolute Gasteiger partial charge is 0.354 e. The predicted octanol–water partition coefficient (Wildman–Crippen LogP) is 2.97. The van der Waals surface area contributed by atoms with Gasteiger partial charge in [-0.1, -0.05) is 31.5 Å². The van der Waals surface area contributed by atoms with Crippen LogP contribution in [0.4, 0.5) is 5.69 Å². The van der Waals surface area contributed by atoms with Gasteiger partial charge in [0, 0.05) is 17.5 Å². The third-order valence-electron chi connectivity index (χ3n) is 3.81. The lowest BCUT2D eigenvalue weighted by Gasteiger charge is -2.23. The maximum absolute atomic E-state index is 12.0. The third kappa shape index (κ3) is 5.70. The Morgan fingerprint density at radius 1 is 1.30 bits per heavy atom. The van der Waals surface area contributed by atoms with Gasteiger partial charge in [0.1, 0.15) is 0 Å². The molecular formula is C16H25ClN2O3S. The Balaban J connectivity index is 2.82. The number of amides is 1. The molecule has 1 amide bonds. The quantitative estimate of drug-likeness (QED) is 0.775. The smallest absolute Gasteiger partial charge is 0.232 e. The van der Waals surface area contributed by atoms with Crippen molar-refractivity contribution in [2.75, 3.05) is 23.7 Å². The minimum absolute atomic E-state index is 0.0319. The number of anilines is 1. The summed E-state index contributed by atoms with van der Waals surface area (Å²) in [5.74, 6) is -0.0686. The van der Waals surface area contributed by atoms with Gasteiger partial charge in [0.25, 0.3) is 0 Å². The Labute approximate surface area is 144 Å². The number of aryl methyl sites for hydroxylation is 1. The number of hydrogen-bond acceptors (Lipinski definition) is 3. The molecule has 0 aliphatic heterocycles. The van der Waals surface area contributed by atoms with Gasteiger partial charge in [0.15, 0.2) is 0 Å². The first-order chi connectivity index (χ1) is 10.7. The van der Waals surface area contributed by atoms with Gasteiger partial charge in [-0.15, -0.1) is 0 Å². The minimum Gasteiger partial charge on any atom is -0.354 e. The fourth-order valence-corrected chi connectivity index (χ4v) is 3.40. The molecule has 0 saturated heterocycles. The van der Waals surface area contributed by atoms with E-state index in [9.17, 15) is 13.2 Å². The maximum atomic E-state index is 12.0. The molecule has 1 rings (SSSR count). The average Bonchev–Trinajstić information content (AvgIpc) is 2.47. The Hall–Kier alpha value is -1.27. The summed E-state index contributed by atoms with van der Waals surface area (Å²) < 4.78 is 25.3. The molecule has 130 valence electrons. The van der Waals surface area contributed by atoms with Crippen LogP contribution in [0.5, 0.6) is 0 Å². The fraction of sp³-hybridized carbons (Fsp3) is 0.562. The lowest BCUT2D eigenvalue weighted by atomic mass is 10.0. The van der Waals surface area contributed by atoms with Crippen LogP contribution in [-0.2, 0) is 14.8 Å². The molecule has 1 aromatic carbocycles. The van der Waals surface area contributed by atoms with E-state index in [1.165, 1.54) is 4.31 Å². The number of carbonyl (C=O) groups is 1. The van der Waals surface area contributed by atoms with Crippen molar-refractivity contribution in [2.24, 2.45) is 5.92 Å². The van der Waals surface area contributed by atoms with Gasteiger partial charge in [-0.3, -0.25) is 9.10 Å². The number of benzene rings is 1. The molecule has 0 fully saturated rings. The van der Waals surface area contributed by atoms with E-state index < -0.39 is 10.0 Å². The highest BCUT2D eigenvalue weighted by molar-refractivity contribution is 7.92. The van der Waals surface area contributed by atoms with Gasteiger partial charge in [-0.05, 0) is 37.5 Å². The van der Waals surface area contributed by atoms with Crippen LogP contribution < -0.4 is 9.62 Å². The van der Waals surface area contributed by atoms with Crippen LogP contribution >= 0.6 is 11.6 Å². The number of halogens is 1. The van der Waals surface area contributed by atoms with Crippen LogP contribution in [0.3, 0.4) is 0 Å². The van der Waals surface area contributed by atoms with Crippen LogP contribution in [0.15, 0.2) is 18.2 Å². The Morgan fingerprint density at radius 3 is 2.39 bits per heavy atom. The van der Waals surface area contributed by atoms with Crippen molar-refractivity contribution in [3.63, 3.8) is 0 Å². The van der Waals surface area contributed by atoms with Gasteiger partial charge in [-0.2, -0.15) is 0 Å². The molecule has 0 aliphatic carbocycles. The maximum Gasteiger partial charge on any atom is 0.232 e. The molecule has 0 saturated carbocycles. The van der Waals surface area contributed by atoms with Crippen molar-refractivity contribution in [1.29, 1.82) is 0 Å². The summed E-state index contributed by atoms with van der Waals surface area (Å²) in [6.07, 6.45) is 2.68. The third-order valence-corrected chi connectivity index (χ3v) is 5.42. The zero-order valence-electron chi connectivity index (χ0n) is 14.1. The summed E-state index contributed by atoms with van der Waals surface area (Å²) in [5.41, 5.74) is 1.38. The molecular weight excluding hydrogens is 336 g/mol. The van der Waals surface area contributed by atoms with E-state index in [0.717, 1.165) is 24.7 Å². The van der Waals surface area contributed by atoms with Gasteiger partial charge in [-0.25, -0.2) is 8.42 Å². The zero-order valence-corrected chi connectivity index (χ0v) is 15.7. The van der Waals surface area contributed by atoms with Crippen molar-refractivity contribution in [2.45, 2.75) is 33.6 Å². The molecule has 5 nitrogen and oxygen atoms in total. The van der Waals surface area contributed by atoms with Gasteiger partial charge >= 0.3 is 0 Å². The second-order valence-corrected chi connectivity index (χ2v) is 7.89. The second-order valence-electron chi connectivity index (χ2n) is 5.57. The molecule has 0 spiro atoms. The first kappa shape index (κ1) is 19.8. The lowest BCUT2D eigenvalue weighted by Crippen LogP contribution is -2.39. The van der Waals surface area contributed by atoms with E-state index in [-0.39, 0.29) is 24.9 Å². The highest BCUT2D eigenvalue weighted by Gasteiger charge is 2.19. The minimum atomic E-state index is -3.45. The summed E-state index contributed by atoms with van der Waals surface area (Å²) in [6, 6.07) is 5.12. The topological polar surface area (TPSA) is 66.5 Å². The molecule has 0 unspecified atom stereocenters. The molecule has 0 aliphatic rings. The molecule has 7 heteroatoms. The first-order valence-electron chi connectivity index (χ1n) is 7.72. The normalized spacial score (nSPS) is 11.6. The number of hydrogen-bond donors (Lipinski definition) is 1. The number of nitrogens with one attached hydrogen (secondary N) is 1. The fourth-order valence-electron chi connectivity index (χ4n) is 2.31. The van der Waals surface area contributed by atoms with Gasteiger partial charge in [0.05, 0.1) is 18.5 Å². The number of rotatable bonds is 8. The molecule has 0 aromatic heterocycles. The number of nitrogens with zero attached hydrogens (tertiary/aromatic N) is 1. The van der Waals surface area contributed by atoms with Crippen LogP contribution in [0, 0.1) is 12.8 Å². The van der Waals surface area contributed by atoms with Crippen LogP contribution in [-0.4, -0.2) is 33.7 Å². The van der Waals surface area contributed by atoms with Crippen LogP contribution in [0.1, 0.15) is 32.3 Å². The molecule has 1 N–H and O–H groups in total. The summed E-state index contributed by atoms with van der Waals surface area (Å²) in [4.78, 5) is 12.0. The molecule has 0 bridgehead atoms. The van der Waals surface area contributed by atoms with Crippen molar-refractivity contribution in [1.82, 2.24) is 5.32 Å². The first-order valence-corrected chi connectivity index (χ1v) is 9.94.